The lowest BCUT2D eigenvalue weighted by Crippen LogP contribution is -2.44. The minimum absolute atomic E-state index is 0.0993. The van der Waals surface area contributed by atoms with Crippen LogP contribution in [0.1, 0.15) is 34.5 Å². The van der Waals surface area contributed by atoms with E-state index in [0.29, 0.717) is 10.6 Å². The summed E-state index contributed by atoms with van der Waals surface area (Å²) in [7, 11) is -4.57. The first-order valence-corrected chi connectivity index (χ1v) is 10.3. The number of rotatable bonds is 5. The van der Waals surface area contributed by atoms with Crippen molar-refractivity contribution in [3.63, 3.8) is 0 Å². The van der Waals surface area contributed by atoms with Gasteiger partial charge < -0.3 is 5.73 Å². The van der Waals surface area contributed by atoms with Gasteiger partial charge >= 0.3 is 0 Å². The standard InChI is InChI=1S/C18H18N6O4S/c19-17(20)24(10-29(26,27)28)16(25)12-9-22-23-15(12)18(6-7-18)13-4-1-5-14-11(13)3-2-8-21-14/h1-5,8-9H,6-7,10H2,(H3,19,20)(H,22,23)(H,26,27,28). The molecule has 0 atom stereocenters. The number of guanidine groups is 1. The average molecular weight is 414 g/mol. The summed E-state index contributed by atoms with van der Waals surface area (Å²) in [5.41, 5.74) is 7.29. The highest BCUT2D eigenvalue weighted by Gasteiger charge is 2.50. The van der Waals surface area contributed by atoms with Gasteiger partial charge in [0.05, 0.1) is 23.0 Å². The van der Waals surface area contributed by atoms with Crippen molar-refractivity contribution >= 4 is 32.9 Å². The summed E-state index contributed by atoms with van der Waals surface area (Å²) in [6, 6.07) is 9.55. The number of hydrogen-bond acceptors (Lipinski definition) is 6. The number of H-pyrrole nitrogens is 1. The molecule has 1 fully saturated rings. The number of hydrogen-bond donors (Lipinski definition) is 4. The minimum Gasteiger partial charge on any atom is -0.370 e. The summed E-state index contributed by atoms with van der Waals surface area (Å²) in [6.07, 6.45) is 4.49. The van der Waals surface area contributed by atoms with Crippen LogP contribution in [0.4, 0.5) is 0 Å². The number of carbonyl (C=O) groups excluding carboxylic acids is 1. The zero-order chi connectivity index (χ0) is 20.8. The molecule has 2 heterocycles. The lowest BCUT2D eigenvalue weighted by atomic mass is 9.87. The number of aromatic amines is 1. The Hall–Kier alpha value is -3.31. The van der Waals surface area contributed by atoms with Crippen LogP contribution in [0.15, 0.2) is 42.7 Å². The summed E-state index contributed by atoms with van der Waals surface area (Å²) in [6.45, 7) is 0. The maximum Gasteiger partial charge on any atom is 0.283 e. The Morgan fingerprint density at radius 2 is 2.07 bits per heavy atom. The number of pyridine rings is 1. The Morgan fingerprint density at radius 3 is 2.72 bits per heavy atom. The molecule has 0 bridgehead atoms. The Balaban J connectivity index is 1.80. The van der Waals surface area contributed by atoms with Gasteiger partial charge in [-0.05, 0) is 30.5 Å². The van der Waals surface area contributed by atoms with E-state index < -0.39 is 33.3 Å². The normalized spacial score (nSPS) is 15.2. The molecule has 150 valence electrons. The van der Waals surface area contributed by atoms with Crippen molar-refractivity contribution in [1.82, 2.24) is 20.1 Å². The van der Waals surface area contributed by atoms with Crippen molar-refractivity contribution in [1.29, 1.82) is 5.41 Å². The predicted molar refractivity (Wildman–Crippen MR) is 105 cm³/mol. The van der Waals surface area contributed by atoms with Crippen LogP contribution in [0.5, 0.6) is 0 Å². The van der Waals surface area contributed by atoms with Crippen molar-refractivity contribution in [3.8, 4) is 0 Å². The molecule has 1 aromatic carbocycles. The van der Waals surface area contributed by atoms with Crippen LogP contribution in [0.3, 0.4) is 0 Å². The summed E-state index contributed by atoms with van der Waals surface area (Å²) in [4.78, 5) is 17.8. The smallest absolute Gasteiger partial charge is 0.283 e. The molecule has 5 N–H and O–H groups in total. The molecule has 3 aromatic rings. The van der Waals surface area contributed by atoms with E-state index in [9.17, 15) is 13.2 Å². The van der Waals surface area contributed by atoms with Gasteiger partial charge in [-0.2, -0.15) is 13.5 Å². The number of carbonyl (C=O) groups is 1. The molecule has 0 unspecified atom stereocenters. The van der Waals surface area contributed by atoms with E-state index in [1.165, 1.54) is 6.20 Å². The highest BCUT2D eigenvalue weighted by atomic mass is 32.2. The summed E-state index contributed by atoms with van der Waals surface area (Å²) in [5.74, 6) is -2.74. The van der Waals surface area contributed by atoms with E-state index in [2.05, 4.69) is 15.2 Å². The van der Waals surface area contributed by atoms with E-state index in [-0.39, 0.29) is 5.56 Å². The summed E-state index contributed by atoms with van der Waals surface area (Å²) >= 11 is 0. The Bertz CT molecular complexity index is 1230. The van der Waals surface area contributed by atoms with Gasteiger partial charge in [0, 0.05) is 17.0 Å². The van der Waals surface area contributed by atoms with Gasteiger partial charge in [0.1, 0.15) is 0 Å². The fourth-order valence-corrected chi connectivity index (χ4v) is 4.24. The van der Waals surface area contributed by atoms with E-state index in [4.69, 9.17) is 15.7 Å². The van der Waals surface area contributed by atoms with Crippen LogP contribution in [0.2, 0.25) is 0 Å². The second-order valence-electron chi connectivity index (χ2n) is 6.95. The van der Waals surface area contributed by atoms with Crippen molar-refractivity contribution in [2.45, 2.75) is 18.3 Å². The fraction of sp³-hybridized carbons (Fsp3) is 0.222. The SMILES string of the molecule is N=C(N)N(CS(=O)(=O)O)C(=O)c1cn[nH]c1C1(c2cccc3ncccc23)CC1. The van der Waals surface area contributed by atoms with Gasteiger partial charge in [0.2, 0.25) is 0 Å². The third kappa shape index (κ3) is 3.34. The Labute approximate surface area is 166 Å². The molecule has 0 spiro atoms. The fourth-order valence-electron chi connectivity index (χ4n) is 3.66. The Kier molecular flexibility index (Phi) is 4.35. The van der Waals surface area contributed by atoms with Gasteiger partial charge in [-0.1, -0.05) is 18.2 Å². The second-order valence-corrected chi connectivity index (χ2v) is 8.37. The molecular weight excluding hydrogens is 396 g/mol. The number of fused-ring (bicyclic) bond motifs is 1. The molecule has 1 amide bonds. The largest absolute Gasteiger partial charge is 0.370 e. The predicted octanol–water partition coefficient (Wildman–Crippen LogP) is 1.22. The number of nitrogens with zero attached hydrogens (tertiary/aromatic N) is 3. The number of nitrogens with two attached hydrogens (primary N) is 1. The van der Waals surface area contributed by atoms with E-state index in [0.717, 1.165) is 29.3 Å². The first-order chi connectivity index (χ1) is 13.7. The van der Waals surface area contributed by atoms with Crippen LogP contribution in [0.25, 0.3) is 10.9 Å². The van der Waals surface area contributed by atoms with Gasteiger partial charge in [-0.3, -0.25) is 29.7 Å². The van der Waals surface area contributed by atoms with Gasteiger partial charge in [0.25, 0.3) is 16.0 Å². The number of aromatic nitrogens is 3. The molecule has 1 saturated carbocycles. The third-order valence-corrected chi connectivity index (χ3v) is 5.67. The van der Waals surface area contributed by atoms with Gasteiger partial charge in [-0.15, -0.1) is 0 Å². The Morgan fingerprint density at radius 1 is 1.31 bits per heavy atom. The quantitative estimate of drug-likeness (QED) is 0.277. The zero-order valence-corrected chi connectivity index (χ0v) is 16.0. The van der Waals surface area contributed by atoms with Crippen LogP contribution in [-0.2, 0) is 15.5 Å². The summed E-state index contributed by atoms with van der Waals surface area (Å²) in [5, 5.41) is 15.3. The third-order valence-electron chi connectivity index (χ3n) is 5.09. The topological polar surface area (TPSA) is 166 Å². The van der Waals surface area contributed by atoms with Gasteiger partial charge in [0.15, 0.2) is 11.8 Å². The number of amides is 1. The van der Waals surface area contributed by atoms with Crippen molar-refractivity contribution in [2.24, 2.45) is 5.73 Å². The highest BCUT2D eigenvalue weighted by molar-refractivity contribution is 7.85. The van der Waals surface area contributed by atoms with Crippen molar-refractivity contribution in [3.05, 3.63) is 59.5 Å². The molecule has 2 aromatic heterocycles. The van der Waals surface area contributed by atoms with Gasteiger partial charge in [-0.25, -0.2) is 0 Å². The maximum absolute atomic E-state index is 13.0. The maximum atomic E-state index is 13.0. The lowest BCUT2D eigenvalue weighted by Gasteiger charge is -2.22. The monoisotopic (exact) mass is 414 g/mol. The molecule has 4 rings (SSSR count). The van der Waals surface area contributed by atoms with Crippen LogP contribution >= 0.6 is 0 Å². The molecule has 1 aliphatic carbocycles. The molecule has 11 heteroatoms. The number of benzene rings is 1. The van der Waals surface area contributed by atoms with Crippen molar-refractivity contribution < 1.29 is 17.8 Å². The first kappa shape index (κ1) is 19.0. The zero-order valence-electron chi connectivity index (χ0n) is 15.2. The van der Waals surface area contributed by atoms with E-state index in [1.54, 1.807) is 6.20 Å². The highest BCUT2D eigenvalue weighted by Crippen LogP contribution is 2.55. The molecule has 1 aliphatic rings. The van der Waals surface area contributed by atoms with E-state index in [1.807, 2.05) is 30.3 Å². The van der Waals surface area contributed by atoms with Crippen LogP contribution in [-0.4, -0.2) is 50.8 Å². The molecule has 0 radical (unpaired) electrons. The molecule has 0 aliphatic heterocycles. The lowest BCUT2D eigenvalue weighted by molar-refractivity contribution is 0.0857. The minimum atomic E-state index is -4.57. The molecule has 29 heavy (non-hydrogen) atoms. The second kappa shape index (κ2) is 6.64. The average Bonchev–Trinajstić information content (AvgIpc) is 3.32. The molecular formula is C18H18N6O4S. The summed E-state index contributed by atoms with van der Waals surface area (Å²) < 4.78 is 31.6. The van der Waals surface area contributed by atoms with Crippen LogP contribution < -0.4 is 5.73 Å². The van der Waals surface area contributed by atoms with Crippen LogP contribution in [0, 0.1) is 5.41 Å². The van der Waals surface area contributed by atoms with Crippen molar-refractivity contribution in [2.75, 3.05) is 5.88 Å². The number of nitrogens with one attached hydrogen (secondary N) is 2. The molecule has 0 saturated heterocycles. The first-order valence-electron chi connectivity index (χ1n) is 8.72. The molecule has 10 nitrogen and oxygen atoms in total. The van der Waals surface area contributed by atoms with E-state index >= 15 is 0 Å².